The van der Waals surface area contributed by atoms with Gasteiger partial charge in [-0.1, -0.05) is 23.6 Å². The van der Waals surface area contributed by atoms with E-state index in [1.807, 2.05) is 0 Å². The second kappa shape index (κ2) is 14.5. The summed E-state index contributed by atoms with van der Waals surface area (Å²) in [5.74, 6) is -7.01. The second-order valence-corrected chi connectivity index (χ2v) is 15.2. The zero-order chi connectivity index (χ0) is 42.2. The van der Waals surface area contributed by atoms with Crippen LogP contribution in [0.4, 0.5) is 45.3 Å². The van der Waals surface area contributed by atoms with Gasteiger partial charge < -0.3 is 10.4 Å². The molecular formula is C39H30ClF9N6O3. The number of aromatic nitrogens is 5. The van der Waals surface area contributed by atoms with Crippen LogP contribution in [0.3, 0.4) is 0 Å². The predicted molar refractivity (Wildman–Crippen MR) is 191 cm³/mol. The van der Waals surface area contributed by atoms with Crippen LogP contribution in [-0.2, 0) is 35.5 Å². The van der Waals surface area contributed by atoms with Crippen LogP contribution in [0.5, 0.6) is 0 Å². The predicted octanol–water partition coefficient (Wildman–Crippen LogP) is 8.52. The Balaban J connectivity index is 1.38. The van der Waals surface area contributed by atoms with E-state index in [1.165, 1.54) is 45.2 Å². The highest BCUT2D eigenvalue weighted by Gasteiger charge is 2.67. The first-order valence-corrected chi connectivity index (χ1v) is 17.9. The Morgan fingerprint density at radius 3 is 2.34 bits per heavy atom. The van der Waals surface area contributed by atoms with E-state index >= 15 is 8.78 Å². The molecule has 2 aliphatic carbocycles. The summed E-state index contributed by atoms with van der Waals surface area (Å²) in [6.45, 7) is 1.92. The summed E-state index contributed by atoms with van der Waals surface area (Å²) in [4.78, 5) is 30.6. The summed E-state index contributed by atoms with van der Waals surface area (Å²) in [5, 5.41) is 19.6. The third kappa shape index (κ3) is 7.76. The van der Waals surface area contributed by atoms with Crippen molar-refractivity contribution >= 4 is 40.0 Å². The number of ketones is 1. The molecule has 1 saturated carbocycles. The van der Waals surface area contributed by atoms with E-state index < -0.39 is 95.4 Å². The van der Waals surface area contributed by atoms with Gasteiger partial charge in [0.1, 0.15) is 40.9 Å². The van der Waals surface area contributed by atoms with Gasteiger partial charge in [0.2, 0.25) is 0 Å². The number of rotatable bonds is 10. The Morgan fingerprint density at radius 1 is 1.03 bits per heavy atom. The minimum Gasteiger partial charge on any atom is -0.378 e. The zero-order valence-corrected chi connectivity index (χ0v) is 31.2. The molecule has 1 fully saturated rings. The summed E-state index contributed by atoms with van der Waals surface area (Å²) < 4.78 is 129. The van der Waals surface area contributed by atoms with Crippen LogP contribution < -0.4 is 5.32 Å². The van der Waals surface area contributed by atoms with Crippen molar-refractivity contribution in [2.45, 2.75) is 75.6 Å². The van der Waals surface area contributed by atoms with E-state index in [1.54, 1.807) is 5.32 Å². The number of hydrogen-bond acceptors (Lipinski definition) is 6. The number of fused-ring (bicyclic) bond motifs is 4. The maximum absolute atomic E-state index is 15.4. The summed E-state index contributed by atoms with van der Waals surface area (Å²) in [7, 11) is 1.36. The first-order chi connectivity index (χ1) is 27.0. The molecule has 2 N–H and O–H groups in total. The first kappa shape index (κ1) is 40.8. The number of nitrogens with one attached hydrogen (secondary N) is 1. The molecule has 0 bridgehead atoms. The number of aliphatic hydroxyl groups is 1. The Labute approximate surface area is 328 Å². The molecule has 3 aromatic heterocycles. The topological polar surface area (TPSA) is 115 Å². The Hall–Kier alpha value is -5.41. The molecular weight excluding hydrogens is 807 g/mol. The summed E-state index contributed by atoms with van der Waals surface area (Å²) in [6.07, 6.45) is -9.39. The van der Waals surface area contributed by atoms with Gasteiger partial charge in [0.05, 0.1) is 21.6 Å². The highest BCUT2D eigenvalue weighted by Crippen LogP contribution is 2.68. The maximum Gasteiger partial charge on any atom is 0.471 e. The average molecular weight is 837 g/mol. The molecule has 3 heterocycles. The van der Waals surface area contributed by atoms with Crippen molar-refractivity contribution in [2.24, 2.45) is 13.0 Å². The Bertz CT molecular complexity index is 2550. The lowest BCUT2D eigenvalue weighted by molar-refractivity contribution is -0.167. The molecule has 9 nitrogen and oxygen atoms in total. The summed E-state index contributed by atoms with van der Waals surface area (Å²) >= 11 is 6.45. The van der Waals surface area contributed by atoms with Crippen molar-refractivity contribution in [3.05, 3.63) is 93.0 Å². The lowest BCUT2D eigenvalue weighted by atomic mass is 9.86. The minimum absolute atomic E-state index is 0.00239. The van der Waals surface area contributed by atoms with E-state index in [0.717, 1.165) is 16.8 Å². The molecule has 0 radical (unpaired) electrons. The molecule has 1 amide bonds. The van der Waals surface area contributed by atoms with Crippen molar-refractivity contribution in [1.29, 1.82) is 0 Å². The fraction of sp³-hybridized carbons (Fsp3) is 0.359. The summed E-state index contributed by atoms with van der Waals surface area (Å²) in [6, 6.07) is 8.28. The number of hydrogen-bond donors (Lipinski definition) is 2. The van der Waals surface area contributed by atoms with E-state index in [2.05, 4.69) is 27.0 Å². The van der Waals surface area contributed by atoms with Gasteiger partial charge in [0.15, 0.2) is 11.6 Å². The van der Waals surface area contributed by atoms with Crippen molar-refractivity contribution in [3.8, 4) is 23.0 Å². The third-order valence-corrected chi connectivity index (χ3v) is 10.2. The van der Waals surface area contributed by atoms with Crippen molar-refractivity contribution in [1.82, 2.24) is 24.5 Å². The van der Waals surface area contributed by atoms with Gasteiger partial charge in [-0.3, -0.25) is 19.0 Å². The summed E-state index contributed by atoms with van der Waals surface area (Å²) in [5.41, 5.74) is -2.87. The van der Waals surface area contributed by atoms with Crippen LogP contribution >= 0.6 is 11.6 Å². The fourth-order valence-corrected chi connectivity index (χ4v) is 7.77. The largest absolute Gasteiger partial charge is 0.471 e. The number of aryl methyl sites for hydroxylation is 1. The normalized spacial score (nSPS) is 17.5. The number of nitrogens with zero attached hydrogens (tertiary/aromatic N) is 5. The highest BCUT2D eigenvalue weighted by atomic mass is 35.5. The quantitative estimate of drug-likeness (QED) is 0.108. The molecule has 58 heavy (non-hydrogen) atoms. The molecule has 304 valence electrons. The van der Waals surface area contributed by atoms with Gasteiger partial charge >= 0.3 is 12.1 Å². The number of halogens is 10. The van der Waals surface area contributed by atoms with E-state index in [4.69, 9.17) is 11.6 Å². The number of carbonyl (C=O) groups excluding carboxylic acids is 2. The second-order valence-electron chi connectivity index (χ2n) is 14.8. The van der Waals surface area contributed by atoms with Crippen LogP contribution in [0.15, 0.2) is 42.5 Å². The molecule has 0 saturated heterocycles. The molecule has 3 atom stereocenters. The van der Waals surface area contributed by atoms with Crippen LogP contribution in [0.1, 0.15) is 78.9 Å². The SMILES string of the molecule is Cn1nc(NC(=O)C(F)(F)F)c2c(Cl)ccc(-c3ccc(C#CC(C)(C)O)nc3[C@@H](CC(=O)Cn3nc(C(F)F)c4c3C(F)(F)[C@@H]3C[C@H]43)Cc3cc(F)cc(F)c3)c21. The number of alkyl halides is 7. The third-order valence-electron chi connectivity index (χ3n) is 9.90. The van der Waals surface area contributed by atoms with Gasteiger partial charge in [-0.2, -0.15) is 32.1 Å². The van der Waals surface area contributed by atoms with Crippen molar-refractivity contribution in [2.75, 3.05) is 5.32 Å². The highest BCUT2D eigenvalue weighted by molar-refractivity contribution is 6.37. The Morgan fingerprint density at radius 2 is 1.71 bits per heavy atom. The van der Waals surface area contributed by atoms with Crippen LogP contribution in [0.25, 0.3) is 22.0 Å². The van der Waals surface area contributed by atoms with E-state index in [9.17, 15) is 45.4 Å². The lowest BCUT2D eigenvalue weighted by Gasteiger charge is -2.22. The molecule has 5 aromatic rings. The van der Waals surface area contributed by atoms with E-state index in [0.29, 0.717) is 10.7 Å². The maximum atomic E-state index is 15.4. The van der Waals surface area contributed by atoms with Crippen LogP contribution in [0.2, 0.25) is 5.02 Å². The van der Waals surface area contributed by atoms with Gasteiger partial charge in [-0.25, -0.2) is 22.5 Å². The fourth-order valence-electron chi connectivity index (χ4n) is 7.52. The number of carbonyl (C=O) groups is 2. The number of amides is 1. The molecule has 19 heteroatoms. The standard InChI is InChI=1S/C39H30ClF9N6O3/c1-37(2,58)9-8-21-4-5-23(24-6-7-27(40)29-32(24)54(3)53-35(29)51-36(57)39(47,48)49)30(50-21)18(10-17-11-19(41)14-20(42)12-17)13-22(56)16-55-33-28(31(52-55)34(43)44)25-15-26(25)38(33,45)46/h4-7,11-12,14,18,25-26,34,58H,10,13,15-16H2,1-3H3,(H,51,53,57)/t18-,25+,26-/m1/s1. The molecule has 7 rings (SSSR count). The number of benzene rings is 2. The molecule has 0 unspecified atom stereocenters. The van der Waals surface area contributed by atoms with Gasteiger partial charge in [0, 0.05) is 48.1 Å². The minimum atomic E-state index is -5.28. The molecule has 0 aliphatic heterocycles. The number of pyridine rings is 1. The van der Waals surface area contributed by atoms with Gasteiger partial charge in [0.25, 0.3) is 12.3 Å². The number of anilines is 1. The molecule has 2 aromatic carbocycles. The Kier molecular flexibility index (Phi) is 10.2. The van der Waals surface area contributed by atoms with Gasteiger partial charge in [-0.05, 0) is 74.4 Å². The lowest BCUT2D eigenvalue weighted by Crippen LogP contribution is -2.30. The zero-order valence-electron chi connectivity index (χ0n) is 30.5. The molecule has 2 aliphatic rings. The average Bonchev–Trinajstić information content (AvgIpc) is 3.65. The van der Waals surface area contributed by atoms with Crippen LogP contribution in [-0.4, -0.2) is 53.1 Å². The van der Waals surface area contributed by atoms with E-state index in [-0.39, 0.29) is 62.4 Å². The number of Topliss-reactive ketones (excluding diaryl/α,β-unsaturated/α-hetero) is 1. The molecule has 0 spiro atoms. The smallest absolute Gasteiger partial charge is 0.378 e. The van der Waals surface area contributed by atoms with Crippen LogP contribution in [0, 0.1) is 29.4 Å². The monoisotopic (exact) mass is 836 g/mol. The first-order valence-electron chi connectivity index (χ1n) is 17.6. The van der Waals surface area contributed by atoms with Crippen molar-refractivity contribution < 1.29 is 54.2 Å². The van der Waals surface area contributed by atoms with Gasteiger partial charge in [-0.15, -0.1) is 0 Å². The van der Waals surface area contributed by atoms with Crippen molar-refractivity contribution in [3.63, 3.8) is 0 Å².